The second-order valence-corrected chi connectivity index (χ2v) is 7.54. The molecule has 19 heavy (non-hydrogen) atoms. The molecule has 108 valence electrons. The molecule has 2 nitrogen and oxygen atoms in total. The lowest BCUT2D eigenvalue weighted by molar-refractivity contribution is 0.241. The van der Waals surface area contributed by atoms with Crippen LogP contribution in [0.2, 0.25) is 0 Å². The molecule has 0 unspecified atom stereocenters. The first kappa shape index (κ1) is 16.0. The Balaban J connectivity index is 2.56. The predicted octanol–water partition coefficient (Wildman–Crippen LogP) is 4.06. The number of anilines is 1. The number of hydrogen-bond donors (Lipinski definition) is 1. The third kappa shape index (κ3) is 6.11. The standard InChI is InChI=1S/C17H30N2/c1-16(2,3)13-17(4,5)18-12-14-8-10-15(11-9-14)19(6)7/h8-11,18H,12-13H2,1-7H3. The zero-order chi connectivity index (χ0) is 14.7. The summed E-state index contributed by atoms with van der Waals surface area (Å²) in [6.07, 6.45) is 1.16. The Morgan fingerprint density at radius 3 is 1.89 bits per heavy atom. The van der Waals surface area contributed by atoms with Crippen LogP contribution in [0.3, 0.4) is 0 Å². The molecule has 0 spiro atoms. The SMILES string of the molecule is CN(C)c1ccc(CNC(C)(C)CC(C)(C)C)cc1. The summed E-state index contributed by atoms with van der Waals surface area (Å²) >= 11 is 0. The molecule has 1 aromatic carbocycles. The molecular formula is C17H30N2. The fourth-order valence-corrected chi connectivity index (χ4v) is 2.64. The van der Waals surface area contributed by atoms with Gasteiger partial charge in [-0.05, 0) is 43.4 Å². The average molecular weight is 262 g/mol. The molecule has 0 aliphatic carbocycles. The number of nitrogens with one attached hydrogen (secondary N) is 1. The number of hydrogen-bond acceptors (Lipinski definition) is 2. The smallest absolute Gasteiger partial charge is 0.0361 e. The van der Waals surface area contributed by atoms with Crippen molar-refractivity contribution < 1.29 is 0 Å². The quantitative estimate of drug-likeness (QED) is 0.861. The third-order valence-electron chi connectivity index (χ3n) is 3.20. The highest BCUT2D eigenvalue weighted by Gasteiger charge is 2.24. The van der Waals surface area contributed by atoms with Crippen molar-refractivity contribution in [2.45, 2.75) is 53.1 Å². The van der Waals surface area contributed by atoms with Crippen LogP contribution in [0.25, 0.3) is 0 Å². The molecule has 1 N–H and O–H groups in total. The van der Waals surface area contributed by atoms with Gasteiger partial charge in [0.1, 0.15) is 0 Å². The van der Waals surface area contributed by atoms with Gasteiger partial charge in [-0.15, -0.1) is 0 Å². The van der Waals surface area contributed by atoms with Gasteiger partial charge in [0.25, 0.3) is 0 Å². The molecule has 1 aromatic rings. The molecule has 0 radical (unpaired) electrons. The molecule has 0 aromatic heterocycles. The van der Waals surface area contributed by atoms with Crippen LogP contribution in [0.1, 0.15) is 46.6 Å². The van der Waals surface area contributed by atoms with Crippen molar-refractivity contribution in [2.24, 2.45) is 5.41 Å². The van der Waals surface area contributed by atoms with E-state index in [1.54, 1.807) is 0 Å². The molecule has 0 amide bonds. The summed E-state index contributed by atoms with van der Waals surface area (Å²) in [5.74, 6) is 0. The van der Waals surface area contributed by atoms with Gasteiger partial charge in [0.2, 0.25) is 0 Å². The predicted molar refractivity (Wildman–Crippen MR) is 85.8 cm³/mol. The third-order valence-corrected chi connectivity index (χ3v) is 3.20. The summed E-state index contributed by atoms with van der Waals surface area (Å²) in [7, 11) is 4.14. The van der Waals surface area contributed by atoms with Crippen molar-refractivity contribution in [3.63, 3.8) is 0 Å². The lowest BCUT2D eigenvalue weighted by atomic mass is 9.82. The van der Waals surface area contributed by atoms with Crippen LogP contribution in [0.5, 0.6) is 0 Å². The van der Waals surface area contributed by atoms with E-state index < -0.39 is 0 Å². The number of nitrogens with zero attached hydrogens (tertiary/aromatic N) is 1. The van der Waals surface area contributed by atoms with Crippen LogP contribution < -0.4 is 10.2 Å². The van der Waals surface area contributed by atoms with E-state index in [2.05, 4.69) is 83.2 Å². The molecule has 0 aliphatic heterocycles. The summed E-state index contributed by atoms with van der Waals surface area (Å²) in [5.41, 5.74) is 3.11. The topological polar surface area (TPSA) is 15.3 Å². The highest BCUT2D eigenvalue weighted by molar-refractivity contribution is 5.45. The Labute approximate surface area is 119 Å². The normalized spacial score (nSPS) is 12.6. The van der Waals surface area contributed by atoms with E-state index in [1.165, 1.54) is 11.3 Å². The van der Waals surface area contributed by atoms with Crippen molar-refractivity contribution in [3.8, 4) is 0 Å². The average Bonchev–Trinajstić information content (AvgIpc) is 2.24. The van der Waals surface area contributed by atoms with Crippen LogP contribution in [-0.2, 0) is 6.54 Å². The molecular weight excluding hydrogens is 232 g/mol. The largest absolute Gasteiger partial charge is 0.378 e. The lowest BCUT2D eigenvalue weighted by Crippen LogP contribution is -2.41. The summed E-state index contributed by atoms with van der Waals surface area (Å²) < 4.78 is 0. The van der Waals surface area contributed by atoms with E-state index in [0.29, 0.717) is 5.41 Å². The fraction of sp³-hybridized carbons (Fsp3) is 0.647. The van der Waals surface area contributed by atoms with Crippen molar-refractivity contribution in [1.82, 2.24) is 5.32 Å². The maximum absolute atomic E-state index is 3.67. The van der Waals surface area contributed by atoms with Gasteiger partial charge in [0.15, 0.2) is 0 Å². The van der Waals surface area contributed by atoms with E-state index in [0.717, 1.165) is 13.0 Å². The van der Waals surface area contributed by atoms with Crippen LogP contribution in [0, 0.1) is 5.41 Å². The minimum absolute atomic E-state index is 0.165. The Hall–Kier alpha value is -1.02. The van der Waals surface area contributed by atoms with Crippen molar-refractivity contribution >= 4 is 5.69 Å². The lowest BCUT2D eigenvalue weighted by Gasteiger charge is -2.33. The highest BCUT2D eigenvalue weighted by Crippen LogP contribution is 2.27. The van der Waals surface area contributed by atoms with Gasteiger partial charge >= 0.3 is 0 Å². The summed E-state index contributed by atoms with van der Waals surface area (Å²) in [6.45, 7) is 12.4. The molecule has 0 atom stereocenters. The van der Waals surface area contributed by atoms with E-state index >= 15 is 0 Å². The zero-order valence-electron chi connectivity index (χ0n) is 13.7. The monoisotopic (exact) mass is 262 g/mol. The van der Waals surface area contributed by atoms with E-state index in [9.17, 15) is 0 Å². The zero-order valence-corrected chi connectivity index (χ0v) is 13.7. The molecule has 0 heterocycles. The van der Waals surface area contributed by atoms with Crippen LogP contribution in [-0.4, -0.2) is 19.6 Å². The molecule has 0 bridgehead atoms. The molecule has 0 saturated carbocycles. The van der Waals surface area contributed by atoms with Gasteiger partial charge in [-0.1, -0.05) is 32.9 Å². The number of rotatable bonds is 5. The molecule has 1 rings (SSSR count). The van der Waals surface area contributed by atoms with Crippen LogP contribution in [0.15, 0.2) is 24.3 Å². The Bertz CT molecular complexity index is 383. The van der Waals surface area contributed by atoms with Gasteiger partial charge in [-0.25, -0.2) is 0 Å². The summed E-state index contributed by atoms with van der Waals surface area (Å²) in [5, 5.41) is 3.67. The molecule has 0 saturated heterocycles. The second-order valence-electron chi connectivity index (χ2n) is 7.54. The van der Waals surface area contributed by atoms with E-state index in [1.807, 2.05) is 0 Å². The Morgan fingerprint density at radius 2 is 1.47 bits per heavy atom. The first-order valence-electron chi connectivity index (χ1n) is 7.10. The van der Waals surface area contributed by atoms with Crippen LogP contribution in [0.4, 0.5) is 5.69 Å². The maximum Gasteiger partial charge on any atom is 0.0361 e. The van der Waals surface area contributed by atoms with Crippen molar-refractivity contribution in [3.05, 3.63) is 29.8 Å². The number of benzene rings is 1. The minimum atomic E-state index is 0.165. The second kappa shape index (κ2) is 5.96. The summed E-state index contributed by atoms with van der Waals surface area (Å²) in [6, 6.07) is 8.76. The highest BCUT2D eigenvalue weighted by atomic mass is 15.1. The fourth-order valence-electron chi connectivity index (χ4n) is 2.64. The Kier molecular flexibility index (Phi) is 5.03. The molecule has 2 heteroatoms. The van der Waals surface area contributed by atoms with E-state index in [4.69, 9.17) is 0 Å². The minimum Gasteiger partial charge on any atom is -0.378 e. The first-order valence-corrected chi connectivity index (χ1v) is 7.10. The van der Waals surface area contributed by atoms with Gasteiger partial charge in [0, 0.05) is 31.9 Å². The van der Waals surface area contributed by atoms with Crippen molar-refractivity contribution in [1.29, 1.82) is 0 Å². The van der Waals surface area contributed by atoms with Gasteiger partial charge in [0.05, 0.1) is 0 Å². The molecule has 0 aliphatic rings. The van der Waals surface area contributed by atoms with Gasteiger partial charge < -0.3 is 10.2 Å². The van der Waals surface area contributed by atoms with Crippen molar-refractivity contribution in [2.75, 3.05) is 19.0 Å². The van der Waals surface area contributed by atoms with Crippen LogP contribution >= 0.6 is 0 Å². The molecule has 0 fully saturated rings. The first-order chi connectivity index (χ1) is 8.59. The van der Waals surface area contributed by atoms with Gasteiger partial charge in [-0.2, -0.15) is 0 Å². The Morgan fingerprint density at radius 1 is 0.947 bits per heavy atom. The van der Waals surface area contributed by atoms with E-state index in [-0.39, 0.29) is 5.54 Å². The summed E-state index contributed by atoms with van der Waals surface area (Å²) in [4.78, 5) is 2.13. The van der Waals surface area contributed by atoms with Gasteiger partial charge in [-0.3, -0.25) is 0 Å². The maximum atomic E-state index is 3.67.